The monoisotopic (exact) mass is 360 g/mol. The summed E-state index contributed by atoms with van der Waals surface area (Å²) in [6.45, 7) is 3.43. The van der Waals surface area contributed by atoms with Crippen LogP contribution < -0.4 is 16.0 Å². The van der Waals surface area contributed by atoms with E-state index in [1.54, 1.807) is 24.4 Å². The minimum atomic E-state index is -0.281. The van der Waals surface area contributed by atoms with E-state index < -0.39 is 0 Å². The van der Waals surface area contributed by atoms with E-state index in [4.69, 9.17) is 0 Å². The van der Waals surface area contributed by atoms with Gasteiger partial charge in [-0.05, 0) is 55.0 Å². The van der Waals surface area contributed by atoms with Gasteiger partial charge in [0.15, 0.2) is 0 Å². The molecule has 0 atom stereocenters. The normalized spacial score (nSPS) is 10.1. The molecule has 2 aromatic carbocycles. The Kier molecular flexibility index (Phi) is 5.47. The Bertz CT molecular complexity index is 985. The lowest BCUT2D eigenvalue weighted by atomic mass is 10.2. The van der Waals surface area contributed by atoms with Crippen LogP contribution in [-0.4, -0.2) is 16.8 Å². The van der Waals surface area contributed by atoms with Crippen molar-refractivity contribution >= 4 is 34.6 Å². The molecular weight excluding hydrogens is 340 g/mol. The number of hydrogen-bond donors (Lipinski definition) is 3. The predicted octanol–water partition coefficient (Wildman–Crippen LogP) is 4.34. The average molecular weight is 360 g/mol. The summed E-state index contributed by atoms with van der Waals surface area (Å²) >= 11 is 0. The highest BCUT2D eigenvalue weighted by Crippen LogP contribution is 2.21. The van der Waals surface area contributed by atoms with Crippen molar-refractivity contribution < 1.29 is 9.59 Å². The Morgan fingerprint density at radius 2 is 1.48 bits per heavy atom. The number of rotatable bonds is 5. The fourth-order valence-electron chi connectivity index (χ4n) is 2.60. The summed E-state index contributed by atoms with van der Waals surface area (Å²) in [6.07, 6.45) is 1.57. The van der Waals surface area contributed by atoms with Crippen LogP contribution in [0, 0.1) is 6.92 Å². The molecule has 0 bridgehead atoms. The fourth-order valence-corrected chi connectivity index (χ4v) is 2.60. The standard InChI is InChI=1S/C21H20N4O2/c1-14-5-3-6-16(11-14)25-21(27)20-13-19(9-10-22-20)24-18-8-4-7-17(12-18)23-15(2)26/h3-13H,1-2H3,(H,22,24)(H,23,26)(H,25,27). The predicted molar refractivity (Wildman–Crippen MR) is 107 cm³/mol. The van der Waals surface area contributed by atoms with E-state index in [-0.39, 0.29) is 11.8 Å². The summed E-state index contributed by atoms with van der Waals surface area (Å²) in [5.41, 5.74) is 4.30. The first-order chi connectivity index (χ1) is 13.0. The summed E-state index contributed by atoms with van der Waals surface area (Å²) in [6, 6.07) is 18.4. The molecule has 27 heavy (non-hydrogen) atoms. The molecule has 6 heteroatoms. The second-order valence-corrected chi connectivity index (χ2v) is 6.14. The highest BCUT2D eigenvalue weighted by molar-refractivity contribution is 6.03. The summed E-state index contributed by atoms with van der Waals surface area (Å²) in [7, 11) is 0. The number of amides is 2. The third-order valence-corrected chi connectivity index (χ3v) is 3.74. The number of carbonyl (C=O) groups is 2. The highest BCUT2D eigenvalue weighted by Gasteiger charge is 2.09. The Morgan fingerprint density at radius 1 is 0.815 bits per heavy atom. The van der Waals surface area contributed by atoms with E-state index in [9.17, 15) is 9.59 Å². The number of nitrogens with one attached hydrogen (secondary N) is 3. The third kappa shape index (κ3) is 5.15. The van der Waals surface area contributed by atoms with Crippen LogP contribution in [0.15, 0.2) is 66.9 Å². The number of aromatic nitrogens is 1. The molecule has 0 radical (unpaired) electrons. The largest absolute Gasteiger partial charge is 0.355 e. The van der Waals surface area contributed by atoms with E-state index in [0.717, 1.165) is 22.6 Å². The molecule has 3 aromatic rings. The van der Waals surface area contributed by atoms with E-state index >= 15 is 0 Å². The van der Waals surface area contributed by atoms with Gasteiger partial charge in [0.2, 0.25) is 5.91 Å². The fraction of sp³-hybridized carbons (Fsp3) is 0.0952. The van der Waals surface area contributed by atoms with Crippen molar-refractivity contribution in [3.63, 3.8) is 0 Å². The molecule has 136 valence electrons. The molecule has 2 amide bonds. The van der Waals surface area contributed by atoms with Crippen LogP contribution in [0.2, 0.25) is 0 Å². The van der Waals surface area contributed by atoms with Crippen molar-refractivity contribution in [3.8, 4) is 0 Å². The Labute approximate surface area is 157 Å². The maximum atomic E-state index is 12.5. The van der Waals surface area contributed by atoms with Gasteiger partial charge in [0.05, 0.1) is 0 Å². The summed E-state index contributed by atoms with van der Waals surface area (Å²) in [5, 5.41) is 8.80. The van der Waals surface area contributed by atoms with E-state index in [1.807, 2.05) is 49.4 Å². The van der Waals surface area contributed by atoms with Crippen molar-refractivity contribution in [1.29, 1.82) is 0 Å². The Hall–Kier alpha value is -3.67. The summed E-state index contributed by atoms with van der Waals surface area (Å²) < 4.78 is 0. The molecule has 0 saturated carbocycles. The van der Waals surface area contributed by atoms with Gasteiger partial charge in [-0.15, -0.1) is 0 Å². The van der Waals surface area contributed by atoms with Gasteiger partial charge in [0, 0.05) is 35.9 Å². The van der Waals surface area contributed by atoms with Gasteiger partial charge in [-0.2, -0.15) is 0 Å². The number of hydrogen-bond acceptors (Lipinski definition) is 4. The molecule has 0 aliphatic rings. The lowest BCUT2D eigenvalue weighted by Gasteiger charge is -2.10. The summed E-state index contributed by atoms with van der Waals surface area (Å²) in [5.74, 6) is -0.414. The minimum Gasteiger partial charge on any atom is -0.355 e. The minimum absolute atomic E-state index is 0.133. The second kappa shape index (κ2) is 8.14. The van der Waals surface area contributed by atoms with Crippen molar-refractivity contribution in [1.82, 2.24) is 4.98 Å². The van der Waals surface area contributed by atoms with Crippen molar-refractivity contribution in [2.24, 2.45) is 0 Å². The smallest absolute Gasteiger partial charge is 0.274 e. The van der Waals surface area contributed by atoms with E-state index in [2.05, 4.69) is 20.9 Å². The van der Waals surface area contributed by atoms with Crippen LogP contribution in [0.3, 0.4) is 0 Å². The lowest BCUT2D eigenvalue weighted by Crippen LogP contribution is -2.13. The highest BCUT2D eigenvalue weighted by atomic mass is 16.2. The lowest BCUT2D eigenvalue weighted by molar-refractivity contribution is -0.114. The van der Waals surface area contributed by atoms with Gasteiger partial charge < -0.3 is 16.0 Å². The van der Waals surface area contributed by atoms with Crippen LogP contribution in [0.1, 0.15) is 23.0 Å². The van der Waals surface area contributed by atoms with Crippen molar-refractivity contribution in [3.05, 3.63) is 78.1 Å². The van der Waals surface area contributed by atoms with E-state index in [0.29, 0.717) is 11.4 Å². The molecule has 0 saturated heterocycles. The maximum Gasteiger partial charge on any atom is 0.274 e. The zero-order chi connectivity index (χ0) is 19.2. The zero-order valence-electron chi connectivity index (χ0n) is 15.1. The Morgan fingerprint density at radius 3 is 2.22 bits per heavy atom. The number of benzene rings is 2. The van der Waals surface area contributed by atoms with Gasteiger partial charge >= 0.3 is 0 Å². The molecule has 1 heterocycles. The second-order valence-electron chi connectivity index (χ2n) is 6.14. The average Bonchev–Trinajstić information content (AvgIpc) is 2.62. The topological polar surface area (TPSA) is 83.1 Å². The number of pyridine rings is 1. The van der Waals surface area contributed by atoms with Gasteiger partial charge in [-0.25, -0.2) is 0 Å². The summed E-state index contributed by atoms with van der Waals surface area (Å²) in [4.78, 5) is 27.8. The van der Waals surface area contributed by atoms with Crippen LogP contribution in [0.25, 0.3) is 0 Å². The molecule has 1 aromatic heterocycles. The maximum absolute atomic E-state index is 12.5. The van der Waals surface area contributed by atoms with Crippen molar-refractivity contribution in [2.45, 2.75) is 13.8 Å². The van der Waals surface area contributed by atoms with Crippen LogP contribution >= 0.6 is 0 Å². The molecule has 0 unspecified atom stereocenters. The number of aryl methyl sites for hydroxylation is 1. The van der Waals surface area contributed by atoms with Crippen LogP contribution in [0.4, 0.5) is 22.7 Å². The molecule has 6 nitrogen and oxygen atoms in total. The van der Waals surface area contributed by atoms with Gasteiger partial charge in [0.25, 0.3) is 5.91 Å². The molecular formula is C21H20N4O2. The SMILES string of the molecule is CC(=O)Nc1cccc(Nc2ccnc(C(=O)Nc3cccc(C)c3)c2)c1. The van der Waals surface area contributed by atoms with Crippen molar-refractivity contribution in [2.75, 3.05) is 16.0 Å². The van der Waals surface area contributed by atoms with E-state index in [1.165, 1.54) is 6.92 Å². The molecule has 0 aliphatic carbocycles. The van der Waals surface area contributed by atoms with Crippen LogP contribution in [-0.2, 0) is 4.79 Å². The first-order valence-electron chi connectivity index (χ1n) is 8.48. The van der Waals surface area contributed by atoms with Gasteiger partial charge in [-0.3, -0.25) is 14.6 Å². The molecule has 3 rings (SSSR count). The first kappa shape index (κ1) is 18.1. The zero-order valence-corrected chi connectivity index (χ0v) is 15.1. The molecule has 0 fully saturated rings. The molecule has 0 spiro atoms. The first-order valence-corrected chi connectivity index (χ1v) is 8.48. The van der Waals surface area contributed by atoms with Crippen LogP contribution in [0.5, 0.6) is 0 Å². The quantitative estimate of drug-likeness (QED) is 0.632. The number of carbonyl (C=O) groups excluding carboxylic acids is 2. The number of anilines is 4. The third-order valence-electron chi connectivity index (χ3n) is 3.74. The van der Waals surface area contributed by atoms with Gasteiger partial charge in [0.1, 0.15) is 5.69 Å². The molecule has 3 N–H and O–H groups in total. The number of nitrogens with zero attached hydrogens (tertiary/aromatic N) is 1. The van der Waals surface area contributed by atoms with Gasteiger partial charge in [-0.1, -0.05) is 18.2 Å². The Balaban J connectivity index is 1.73. The molecule has 0 aliphatic heterocycles.